The number of piperazine rings is 1. The van der Waals surface area contributed by atoms with Crippen LogP contribution in [-0.4, -0.2) is 51.0 Å². The number of nitrogens with one attached hydrogen (secondary N) is 2. The fourth-order valence-electron chi connectivity index (χ4n) is 3.98. The van der Waals surface area contributed by atoms with Gasteiger partial charge in [0.05, 0.1) is 24.5 Å². The van der Waals surface area contributed by atoms with Crippen molar-refractivity contribution in [1.82, 2.24) is 19.5 Å². The lowest BCUT2D eigenvalue weighted by Gasteiger charge is -2.34. The van der Waals surface area contributed by atoms with E-state index in [1.165, 1.54) is 11.1 Å². The van der Waals surface area contributed by atoms with Gasteiger partial charge in [0, 0.05) is 44.3 Å². The lowest BCUT2D eigenvalue weighted by molar-refractivity contribution is 0.181. The molecule has 2 aromatic carbocycles. The van der Waals surface area contributed by atoms with Crippen LogP contribution < -0.4 is 10.6 Å². The first-order valence-corrected chi connectivity index (χ1v) is 13.1. The van der Waals surface area contributed by atoms with E-state index in [2.05, 4.69) is 58.6 Å². The smallest absolute Gasteiger partial charge is 0.319 e. The Labute approximate surface area is 210 Å². The highest BCUT2D eigenvalue weighted by atomic mass is 32.2. The number of hydrogen-bond donors (Lipinski definition) is 2. The zero-order valence-corrected chi connectivity index (χ0v) is 21.1. The number of urea groups is 1. The summed E-state index contributed by atoms with van der Waals surface area (Å²) >= 11 is -1.22. The van der Waals surface area contributed by atoms with Gasteiger partial charge in [-0.05, 0) is 52.9 Å². The van der Waals surface area contributed by atoms with Crippen molar-refractivity contribution in [2.75, 3.05) is 31.5 Å². The van der Waals surface area contributed by atoms with Gasteiger partial charge in [-0.3, -0.25) is 9.88 Å². The molecule has 35 heavy (non-hydrogen) atoms. The number of hydrogen-bond acceptors (Lipinski definition) is 5. The number of nitrogens with zero attached hydrogens (tertiary/aromatic N) is 3. The Morgan fingerprint density at radius 3 is 2.34 bits per heavy atom. The molecular formula is C27H33N5O2S. The molecule has 1 aliphatic rings. The standard InChI is InChI=1S/C27H33N5O2S/c1-21(2)24-7-5-22(6-8-24)20-31-14-16-32(17-15-31)35(34)26-11-9-25(10-12-26)30-27(33)29-19-23-4-3-13-28-18-23/h3-13,18,21H,14-17,19-20H2,1-2H3,(H2,29,30,33). The van der Waals surface area contributed by atoms with Crippen molar-refractivity contribution in [3.05, 3.63) is 89.7 Å². The molecule has 1 fully saturated rings. The summed E-state index contributed by atoms with van der Waals surface area (Å²) in [5.41, 5.74) is 4.26. The van der Waals surface area contributed by atoms with Crippen molar-refractivity contribution in [2.24, 2.45) is 0 Å². The minimum absolute atomic E-state index is 0.294. The van der Waals surface area contributed by atoms with Gasteiger partial charge in [0.2, 0.25) is 0 Å². The lowest BCUT2D eigenvalue weighted by Crippen LogP contribution is -2.48. The number of pyridine rings is 1. The topological polar surface area (TPSA) is 83.6 Å². The number of anilines is 1. The maximum Gasteiger partial charge on any atom is 0.319 e. The molecule has 2 heterocycles. The summed E-state index contributed by atoms with van der Waals surface area (Å²) in [6, 6.07) is 19.5. The summed E-state index contributed by atoms with van der Waals surface area (Å²) in [4.78, 5) is 19.3. The van der Waals surface area contributed by atoms with Gasteiger partial charge in [-0.1, -0.05) is 44.2 Å². The summed E-state index contributed by atoms with van der Waals surface area (Å²) in [5, 5.41) is 5.61. The fourth-order valence-corrected chi connectivity index (χ4v) is 5.15. The molecule has 0 bridgehead atoms. The Morgan fingerprint density at radius 1 is 1.00 bits per heavy atom. The third-order valence-electron chi connectivity index (χ3n) is 6.11. The van der Waals surface area contributed by atoms with Crippen LogP contribution in [0, 0.1) is 0 Å². The van der Waals surface area contributed by atoms with Gasteiger partial charge in [-0.15, -0.1) is 4.31 Å². The average Bonchev–Trinajstić information content (AvgIpc) is 2.89. The Kier molecular flexibility index (Phi) is 8.76. The zero-order chi connectivity index (χ0) is 24.6. The second kappa shape index (κ2) is 12.2. The molecule has 0 spiro atoms. The largest absolute Gasteiger partial charge is 0.593 e. The molecule has 8 heteroatoms. The molecule has 0 saturated carbocycles. The summed E-state index contributed by atoms with van der Waals surface area (Å²) in [5.74, 6) is 0.544. The first kappa shape index (κ1) is 25.2. The van der Waals surface area contributed by atoms with Gasteiger partial charge in [0.25, 0.3) is 0 Å². The summed E-state index contributed by atoms with van der Waals surface area (Å²) in [7, 11) is 0. The number of aromatic nitrogens is 1. The van der Waals surface area contributed by atoms with Gasteiger partial charge < -0.3 is 15.2 Å². The Balaban J connectivity index is 1.22. The normalized spacial score (nSPS) is 15.7. The van der Waals surface area contributed by atoms with Crippen LogP contribution in [0.15, 0.2) is 78.0 Å². The van der Waals surface area contributed by atoms with Gasteiger partial charge in [-0.2, -0.15) is 0 Å². The van der Waals surface area contributed by atoms with E-state index >= 15 is 0 Å². The van der Waals surface area contributed by atoms with Gasteiger partial charge >= 0.3 is 6.03 Å². The summed E-state index contributed by atoms with van der Waals surface area (Å²) in [6.07, 6.45) is 3.41. The highest BCUT2D eigenvalue weighted by Gasteiger charge is 2.27. The van der Waals surface area contributed by atoms with Crippen LogP contribution in [0.25, 0.3) is 0 Å². The van der Waals surface area contributed by atoms with E-state index in [0.29, 0.717) is 18.2 Å². The molecule has 0 aliphatic carbocycles. The number of carbonyl (C=O) groups is 1. The van der Waals surface area contributed by atoms with E-state index < -0.39 is 11.4 Å². The molecular weight excluding hydrogens is 458 g/mol. The van der Waals surface area contributed by atoms with Crippen molar-refractivity contribution in [3.63, 3.8) is 0 Å². The van der Waals surface area contributed by atoms with E-state index in [4.69, 9.17) is 0 Å². The molecule has 184 valence electrons. The Bertz CT molecular complexity index is 1070. The molecule has 7 nitrogen and oxygen atoms in total. The van der Waals surface area contributed by atoms with Gasteiger partial charge in [0.15, 0.2) is 4.90 Å². The van der Waals surface area contributed by atoms with Crippen molar-refractivity contribution in [3.8, 4) is 0 Å². The highest BCUT2D eigenvalue weighted by Crippen LogP contribution is 2.21. The second-order valence-electron chi connectivity index (χ2n) is 9.04. The molecule has 2 amide bonds. The quantitative estimate of drug-likeness (QED) is 0.457. The van der Waals surface area contributed by atoms with Crippen LogP contribution in [0.5, 0.6) is 0 Å². The summed E-state index contributed by atoms with van der Waals surface area (Å²) < 4.78 is 15.1. The Morgan fingerprint density at radius 2 is 1.71 bits per heavy atom. The number of amides is 2. The third kappa shape index (κ3) is 7.29. The van der Waals surface area contributed by atoms with Crippen LogP contribution in [0.1, 0.15) is 36.5 Å². The van der Waals surface area contributed by atoms with E-state index in [1.807, 2.05) is 28.6 Å². The average molecular weight is 492 g/mol. The van der Waals surface area contributed by atoms with E-state index in [1.54, 1.807) is 24.5 Å². The number of carbonyl (C=O) groups excluding carboxylic acids is 1. The Hall–Kier alpha value is -2.91. The minimum Gasteiger partial charge on any atom is -0.593 e. The molecule has 2 N–H and O–H groups in total. The van der Waals surface area contributed by atoms with Crippen molar-refractivity contribution >= 4 is 23.1 Å². The maximum absolute atomic E-state index is 13.1. The zero-order valence-electron chi connectivity index (χ0n) is 20.3. The minimum atomic E-state index is -1.22. The predicted molar refractivity (Wildman–Crippen MR) is 140 cm³/mol. The first-order valence-electron chi connectivity index (χ1n) is 12.0. The maximum atomic E-state index is 13.1. The predicted octanol–water partition coefficient (Wildman–Crippen LogP) is 4.37. The first-order chi connectivity index (χ1) is 17.0. The second-order valence-corrected chi connectivity index (χ2v) is 10.5. The van der Waals surface area contributed by atoms with Crippen molar-refractivity contribution in [1.29, 1.82) is 0 Å². The van der Waals surface area contributed by atoms with Crippen molar-refractivity contribution in [2.45, 2.75) is 37.8 Å². The molecule has 0 radical (unpaired) electrons. The molecule has 1 atom stereocenters. The van der Waals surface area contributed by atoms with Crippen LogP contribution >= 0.6 is 0 Å². The van der Waals surface area contributed by atoms with E-state index in [-0.39, 0.29) is 6.03 Å². The molecule has 3 aromatic rings. The van der Waals surface area contributed by atoms with Crippen LogP contribution in [0.3, 0.4) is 0 Å². The van der Waals surface area contributed by atoms with Gasteiger partial charge in [-0.25, -0.2) is 4.79 Å². The molecule has 1 saturated heterocycles. The van der Waals surface area contributed by atoms with Crippen molar-refractivity contribution < 1.29 is 9.35 Å². The number of benzene rings is 2. The van der Waals surface area contributed by atoms with Gasteiger partial charge in [0.1, 0.15) is 0 Å². The highest BCUT2D eigenvalue weighted by molar-refractivity contribution is 7.89. The van der Waals surface area contributed by atoms with Crippen LogP contribution in [0.4, 0.5) is 10.5 Å². The SMILES string of the molecule is CC(C)c1ccc(CN2CCN([S+]([O-])c3ccc(NC(=O)NCc4cccnc4)cc3)CC2)cc1. The number of rotatable bonds is 8. The van der Waals surface area contributed by atoms with Crippen LogP contribution in [0.2, 0.25) is 0 Å². The third-order valence-corrected chi connectivity index (χ3v) is 7.62. The molecule has 4 rings (SSSR count). The lowest BCUT2D eigenvalue weighted by atomic mass is 10.0. The van der Waals surface area contributed by atoms with E-state index in [0.717, 1.165) is 43.2 Å². The monoisotopic (exact) mass is 491 g/mol. The molecule has 1 unspecified atom stereocenters. The van der Waals surface area contributed by atoms with E-state index in [9.17, 15) is 9.35 Å². The molecule has 1 aromatic heterocycles. The molecule has 1 aliphatic heterocycles. The fraction of sp³-hybridized carbons (Fsp3) is 0.333. The van der Waals surface area contributed by atoms with Crippen LogP contribution in [-0.2, 0) is 24.5 Å². The summed E-state index contributed by atoms with van der Waals surface area (Å²) in [6.45, 7) is 9.02.